The zero-order valence-corrected chi connectivity index (χ0v) is 11.8. The summed E-state index contributed by atoms with van der Waals surface area (Å²) < 4.78 is 0. The normalized spacial score (nSPS) is 31.8. The molecule has 1 aromatic rings. The van der Waals surface area contributed by atoms with Gasteiger partial charge in [-0.2, -0.15) is 0 Å². The number of fused-ring (bicyclic) bond motifs is 2. The topological polar surface area (TPSA) is 29.3 Å². The van der Waals surface area contributed by atoms with E-state index in [2.05, 4.69) is 11.0 Å². The predicted molar refractivity (Wildman–Crippen MR) is 76.0 cm³/mol. The molecule has 0 aliphatic carbocycles. The van der Waals surface area contributed by atoms with Gasteiger partial charge in [0, 0.05) is 24.7 Å². The molecule has 2 bridgehead atoms. The summed E-state index contributed by atoms with van der Waals surface area (Å²) in [7, 11) is 0. The number of piperidine rings is 1. The van der Waals surface area contributed by atoms with Crippen molar-refractivity contribution in [2.75, 3.05) is 0 Å². The molecule has 98 valence electrons. The van der Waals surface area contributed by atoms with Crippen molar-refractivity contribution in [3.05, 3.63) is 33.8 Å². The van der Waals surface area contributed by atoms with E-state index in [9.17, 15) is 0 Å². The second-order valence-electron chi connectivity index (χ2n) is 5.50. The Balaban J connectivity index is 1.79. The van der Waals surface area contributed by atoms with Crippen LogP contribution >= 0.6 is 23.2 Å². The predicted octanol–water partition coefficient (Wildman–Crippen LogP) is 3.45. The van der Waals surface area contributed by atoms with Crippen LogP contribution in [0.15, 0.2) is 18.2 Å². The van der Waals surface area contributed by atoms with Crippen molar-refractivity contribution in [2.45, 2.75) is 50.4 Å². The van der Waals surface area contributed by atoms with Crippen molar-refractivity contribution in [1.82, 2.24) is 4.90 Å². The van der Waals surface area contributed by atoms with E-state index in [1.165, 1.54) is 12.8 Å². The Labute approximate surface area is 118 Å². The molecular weight excluding hydrogens is 267 g/mol. The Morgan fingerprint density at radius 3 is 2.50 bits per heavy atom. The molecule has 2 nitrogen and oxygen atoms in total. The van der Waals surface area contributed by atoms with Gasteiger partial charge in [0.05, 0.1) is 10.0 Å². The van der Waals surface area contributed by atoms with Crippen LogP contribution in [0.5, 0.6) is 0 Å². The zero-order chi connectivity index (χ0) is 12.7. The van der Waals surface area contributed by atoms with Crippen molar-refractivity contribution in [3.63, 3.8) is 0 Å². The molecule has 2 fully saturated rings. The van der Waals surface area contributed by atoms with Crippen LogP contribution in [0, 0.1) is 0 Å². The van der Waals surface area contributed by atoms with Crippen LogP contribution < -0.4 is 5.73 Å². The van der Waals surface area contributed by atoms with Crippen molar-refractivity contribution in [3.8, 4) is 0 Å². The van der Waals surface area contributed by atoms with Gasteiger partial charge in [-0.1, -0.05) is 35.3 Å². The van der Waals surface area contributed by atoms with Crippen LogP contribution in [0.3, 0.4) is 0 Å². The average Bonchev–Trinajstić information content (AvgIpc) is 2.58. The molecule has 2 heterocycles. The summed E-state index contributed by atoms with van der Waals surface area (Å²) >= 11 is 12.3. The molecule has 2 atom stereocenters. The molecule has 0 radical (unpaired) electrons. The maximum absolute atomic E-state index is 6.27. The van der Waals surface area contributed by atoms with Crippen molar-refractivity contribution >= 4 is 23.2 Å². The summed E-state index contributed by atoms with van der Waals surface area (Å²) in [6, 6.07) is 7.54. The molecular formula is C14H18Cl2N2. The fourth-order valence-corrected chi connectivity index (χ4v) is 3.82. The van der Waals surface area contributed by atoms with Gasteiger partial charge in [-0.15, -0.1) is 0 Å². The molecule has 18 heavy (non-hydrogen) atoms. The standard InChI is InChI=1S/C14H18Cl2N2/c15-13-3-1-2-9(14(13)16)8-18-11-4-5-12(18)7-10(17)6-11/h1-3,10-12H,4-8,17H2. The van der Waals surface area contributed by atoms with Crippen LogP contribution in [0.25, 0.3) is 0 Å². The summed E-state index contributed by atoms with van der Waals surface area (Å²) in [6.07, 6.45) is 4.79. The lowest BCUT2D eigenvalue weighted by Gasteiger charge is -2.37. The Bertz CT molecular complexity index is 435. The number of hydrogen-bond acceptors (Lipinski definition) is 2. The quantitative estimate of drug-likeness (QED) is 0.901. The first kappa shape index (κ1) is 12.7. The Morgan fingerprint density at radius 1 is 1.17 bits per heavy atom. The van der Waals surface area contributed by atoms with E-state index in [0.717, 1.165) is 24.9 Å². The molecule has 2 N–H and O–H groups in total. The number of nitrogens with zero attached hydrogens (tertiary/aromatic N) is 1. The monoisotopic (exact) mass is 284 g/mol. The molecule has 0 saturated carbocycles. The van der Waals surface area contributed by atoms with Gasteiger partial charge in [0.2, 0.25) is 0 Å². The Hall–Kier alpha value is -0.280. The van der Waals surface area contributed by atoms with Gasteiger partial charge in [0.25, 0.3) is 0 Å². The summed E-state index contributed by atoms with van der Waals surface area (Å²) in [5, 5.41) is 1.35. The second-order valence-corrected chi connectivity index (χ2v) is 6.29. The molecule has 4 heteroatoms. The van der Waals surface area contributed by atoms with Crippen LogP contribution in [-0.2, 0) is 6.54 Å². The molecule has 2 unspecified atom stereocenters. The lowest BCUT2D eigenvalue weighted by atomic mass is 9.97. The third kappa shape index (κ3) is 2.27. The number of rotatable bonds is 2. The van der Waals surface area contributed by atoms with Gasteiger partial charge < -0.3 is 5.73 Å². The Kier molecular flexibility index (Phi) is 3.55. The number of benzene rings is 1. The minimum absolute atomic E-state index is 0.383. The van der Waals surface area contributed by atoms with E-state index in [1.54, 1.807) is 0 Å². The molecule has 2 aliphatic rings. The van der Waals surface area contributed by atoms with E-state index in [4.69, 9.17) is 28.9 Å². The summed E-state index contributed by atoms with van der Waals surface area (Å²) in [6.45, 7) is 0.904. The summed E-state index contributed by atoms with van der Waals surface area (Å²) in [5.74, 6) is 0. The van der Waals surface area contributed by atoms with Crippen LogP contribution in [0.2, 0.25) is 10.0 Å². The molecule has 0 amide bonds. The van der Waals surface area contributed by atoms with Crippen molar-refractivity contribution in [1.29, 1.82) is 0 Å². The first-order valence-corrected chi connectivity index (χ1v) is 7.35. The molecule has 2 saturated heterocycles. The highest BCUT2D eigenvalue weighted by Gasteiger charge is 2.39. The average molecular weight is 285 g/mol. The lowest BCUT2D eigenvalue weighted by Crippen LogP contribution is -2.46. The van der Waals surface area contributed by atoms with E-state index in [-0.39, 0.29) is 0 Å². The first-order chi connectivity index (χ1) is 8.65. The van der Waals surface area contributed by atoms with Gasteiger partial charge >= 0.3 is 0 Å². The third-order valence-electron chi connectivity index (χ3n) is 4.31. The van der Waals surface area contributed by atoms with E-state index in [1.807, 2.05) is 12.1 Å². The zero-order valence-electron chi connectivity index (χ0n) is 10.3. The SMILES string of the molecule is NC1CC2CCC(C1)N2Cc1cccc(Cl)c1Cl. The van der Waals surface area contributed by atoms with E-state index in [0.29, 0.717) is 28.2 Å². The highest BCUT2D eigenvalue weighted by molar-refractivity contribution is 6.42. The van der Waals surface area contributed by atoms with Gasteiger partial charge in [-0.05, 0) is 37.3 Å². The maximum atomic E-state index is 6.27. The van der Waals surface area contributed by atoms with E-state index < -0.39 is 0 Å². The number of halogens is 2. The maximum Gasteiger partial charge on any atom is 0.0637 e. The molecule has 0 aromatic heterocycles. The van der Waals surface area contributed by atoms with E-state index >= 15 is 0 Å². The first-order valence-electron chi connectivity index (χ1n) is 6.59. The summed E-state index contributed by atoms with van der Waals surface area (Å²) in [5.41, 5.74) is 7.23. The lowest BCUT2D eigenvalue weighted by molar-refractivity contribution is 0.120. The largest absolute Gasteiger partial charge is 0.328 e. The summed E-state index contributed by atoms with van der Waals surface area (Å²) in [4.78, 5) is 2.57. The minimum Gasteiger partial charge on any atom is -0.328 e. The van der Waals surface area contributed by atoms with Crippen LogP contribution in [0.1, 0.15) is 31.2 Å². The number of hydrogen-bond donors (Lipinski definition) is 1. The molecule has 1 aromatic carbocycles. The van der Waals surface area contributed by atoms with Gasteiger partial charge in [-0.3, -0.25) is 4.90 Å². The van der Waals surface area contributed by atoms with Crippen molar-refractivity contribution in [2.24, 2.45) is 5.73 Å². The number of nitrogens with two attached hydrogens (primary N) is 1. The van der Waals surface area contributed by atoms with Crippen LogP contribution in [0.4, 0.5) is 0 Å². The fraction of sp³-hybridized carbons (Fsp3) is 0.571. The Morgan fingerprint density at radius 2 is 1.83 bits per heavy atom. The van der Waals surface area contributed by atoms with Gasteiger partial charge in [0.1, 0.15) is 0 Å². The van der Waals surface area contributed by atoms with Crippen molar-refractivity contribution < 1.29 is 0 Å². The smallest absolute Gasteiger partial charge is 0.0637 e. The molecule has 3 rings (SSSR count). The van der Waals surface area contributed by atoms with Gasteiger partial charge in [0.15, 0.2) is 0 Å². The molecule has 0 spiro atoms. The minimum atomic E-state index is 0.383. The van der Waals surface area contributed by atoms with Crippen LogP contribution in [-0.4, -0.2) is 23.0 Å². The second kappa shape index (κ2) is 5.01. The highest BCUT2D eigenvalue weighted by atomic mass is 35.5. The van der Waals surface area contributed by atoms with Gasteiger partial charge in [-0.25, -0.2) is 0 Å². The third-order valence-corrected chi connectivity index (χ3v) is 5.16. The highest BCUT2D eigenvalue weighted by Crippen LogP contribution is 2.37. The molecule has 2 aliphatic heterocycles. The fourth-order valence-electron chi connectivity index (χ4n) is 3.44.